The van der Waals surface area contributed by atoms with Crippen LogP contribution in [0.5, 0.6) is 5.75 Å². The summed E-state index contributed by atoms with van der Waals surface area (Å²) in [6.45, 7) is 8.94. The van der Waals surface area contributed by atoms with Crippen LogP contribution < -0.4 is 15.0 Å². The first-order valence-corrected chi connectivity index (χ1v) is 7.39. The van der Waals surface area contributed by atoms with Gasteiger partial charge in [-0.3, -0.25) is 0 Å². The fraction of sp³-hybridized carbons (Fsp3) is 0.625. The highest BCUT2D eigenvalue weighted by molar-refractivity contribution is 5.52. The molecular formula is C16H24N2O. The smallest absolute Gasteiger partial charge is 0.119 e. The van der Waals surface area contributed by atoms with E-state index in [0.717, 1.165) is 5.75 Å². The average molecular weight is 260 g/mol. The highest BCUT2D eigenvalue weighted by Crippen LogP contribution is 2.41. The van der Waals surface area contributed by atoms with E-state index < -0.39 is 0 Å². The number of benzene rings is 1. The third-order valence-corrected chi connectivity index (χ3v) is 4.29. The van der Waals surface area contributed by atoms with Crippen molar-refractivity contribution < 1.29 is 4.74 Å². The van der Waals surface area contributed by atoms with E-state index in [2.05, 4.69) is 48.3 Å². The predicted molar refractivity (Wildman–Crippen MR) is 79.0 cm³/mol. The van der Waals surface area contributed by atoms with Gasteiger partial charge in [0, 0.05) is 24.2 Å². The second-order valence-corrected chi connectivity index (χ2v) is 6.27. The molecule has 0 aliphatic carbocycles. The van der Waals surface area contributed by atoms with Crippen LogP contribution in [-0.4, -0.2) is 32.3 Å². The number of nitrogens with one attached hydrogen (secondary N) is 1. The molecule has 1 aromatic rings. The van der Waals surface area contributed by atoms with Gasteiger partial charge in [0.15, 0.2) is 0 Å². The Bertz CT molecular complexity index is 413. The Hall–Kier alpha value is -1.22. The monoisotopic (exact) mass is 260 g/mol. The summed E-state index contributed by atoms with van der Waals surface area (Å²) in [5.41, 5.74) is 1.93. The molecule has 0 amide bonds. The Morgan fingerprint density at radius 1 is 1.11 bits per heavy atom. The van der Waals surface area contributed by atoms with Gasteiger partial charge in [-0.25, -0.2) is 0 Å². The van der Waals surface area contributed by atoms with Crippen LogP contribution in [-0.2, 0) is 0 Å². The van der Waals surface area contributed by atoms with E-state index in [0.29, 0.717) is 5.41 Å². The van der Waals surface area contributed by atoms with Crippen molar-refractivity contribution in [1.82, 2.24) is 5.32 Å². The van der Waals surface area contributed by atoms with Gasteiger partial charge in [0.1, 0.15) is 5.75 Å². The van der Waals surface area contributed by atoms with E-state index in [1.165, 1.54) is 44.7 Å². The van der Waals surface area contributed by atoms with Gasteiger partial charge in [-0.15, -0.1) is 0 Å². The van der Waals surface area contributed by atoms with Crippen LogP contribution in [0.15, 0.2) is 24.3 Å². The Morgan fingerprint density at radius 3 is 2.32 bits per heavy atom. The fourth-order valence-electron chi connectivity index (χ4n) is 3.23. The zero-order valence-corrected chi connectivity index (χ0v) is 12.0. The van der Waals surface area contributed by atoms with Crippen molar-refractivity contribution in [2.24, 2.45) is 5.41 Å². The molecule has 0 aromatic heterocycles. The zero-order valence-electron chi connectivity index (χ0n) is 12.0. The Morgan fingerprint density at radius 2 is 1.74 bits per heavy atom. The topological polar surface area (TPSA) is 24.5 Å². The summed E-state index contributed by atoms with van der Waals surface area (Å²) >= 11 is 0. The zero-order chi connectivity index (χ0) is 13.3. The number of hydrogen-bond donors (Lipinski definition) is 1. The first-order valence-electron chi connectivity index (χ1n) is 7.39. The molecule has 1 N–H and O–H groups in total. The Balaban J connectivity index is 1.59. The van der Waals surface area contributed by atoms with Crippen molar-refractivity contribution in [2.45, 2.75) is 32.8 Å². The molecule has 2 fully saturated rings. The van der Waals surface area contributed by atoms with Gasteiger partial charge in [0.05, 0.1) is 6.10 Å². The lowest BCUT2D eigenvalue weighted by Gasteiger charge is -2.53. The minimum Gasteiger partial charge on any atom is -0.491 e. The number of piperidine rings is 1. The number of ether oxygens (including phenoxy) is 1. The lowest BCUT2D eigenvalue weighted by molar-refractivity contribution is 0.150. The Labute approximate surface area is 115 Å². The van der Waals surface area contributed by atoms with Gasteiger partial charge < -0.3 is 15.0 Å². The van der Waals surface area contributed by atoms with Gasteiger partial charge in [0.25, 0.3) is 0 Å². The van der Waals surface area contributed by atoms with Crippen molar-refractivity contribution in [3.05, 3.63) is 24.3 Å². The lowest BCUT2D eigenvalue weighted by atomic mass is 9.72. The molecule has 2 saturated heterocycles. The molecule has 1 aromatic carbocycles. The van der Waals surface area contributed by atoms with Crippen LogP contribution in [0.25, 0.3) is 0 Å². The molecule has 1 spiro atoms. The number of rotatable bonds is 3. The Kier molecular flexibility index (Phi) is 3.40. The minimum atomic E-state index is 0.243. The first kappa shape index (κ1) is 12.8. The molecule has 3 nitrogen and oxygen atoms in total. The van der Waals surface area contributed by atoms with Crippen molar-refractivity contribution >= 4 is 5.69 Å². The van der Waals surface area contributed by atoms with Gasteiger partial charge in [-0.2, -0.15) is 0 Å². The number of hydrogen-bond acceptors (Lipinski definition) is 3. The van der Waals surface area contributed by atoms with Crippen molar-refractivity contribution in [2.75, 3.05) is 31.1 Å². The van der Waals surface area contributed by atoms with Gasteiger partial charge in [-0.1, -0.05) is 0 Å². The van der Waals surface area contributed by atoms with Gasteiger partial charge >= 0.3 is 0 Å². The standard InChI is InChI=1S/C16H24N2O/c1-13(2)19-15-5-3-14(4-6-15)18-11-16(12-18)7-9-17-10-8-16/h3-6,13,17H,7-12H2,1-2H3. The van der Waals surface area contributed by atoms with Crippen molar-refractivity contribution in [3.63, 3.8) is 0 Å². The van der Waals surface area contributed by atoms with Crippen LogP contribution in [0.4, 0.5) is 5.69 Å². The molecule has 0 bridgehead atoms. The van der Waals surface area contributed by atoms with Crippen LogP contribution >= 0.6 is 0 Å². The highest BCUT2D eigenvalue weighted by atomic mass is 16.5. The second-order valence-electron chi connectivity index (χ2n) is 6.27. The maximum Gasteiger partial charge on any atom is 0.119 e. The normalized spacial score (nSPS) is 21.5. The molecular weight excluding hydrogens is 236 g/mol. The molecule has 19 heavy (non-hydrogen) atoms. The van der Waals surface area contributed by atoms with E-state index >= 15 is 0 Å². The van der Waals surface area contributed by atoms with E-state index in [1.54, 1.807) is 0 Å². The van der Waals surface area contributed by atoms with E-state index in [4.69, 9.17) is 4.74 Å². The van der Waals surface area contributed by atoms with Gasteiger partial charge in [-0.05, 0) is 64.0 Å². The SMILES string of the molecule is CC(C)Oc1ccc(N2CC3(CCNCC3)C2)cc1. The first-order chi connectivity index (χ1) is 9.17. The third kappa shape index (κ3) is 2.71. The van der Waals surface area contributed by atoms with Crippen LogP contribution in [0.3, 0.4) is 0 Å². The molecule has 2 aliphatic heterocycles. The minimum absolute atomic E-state index is 0.243. The summed E-state index contributed by atoms with van der Waals surface area (Å²) in [6, 6.07) is 8.54. The third-order valence-electron chi connectivity index (χ3n) is 4.29. The van der Waals surface area contributed by atoms with Crippen LogP contribution in [0.2, 0.25) is 0 Å². The highest BCUT2D eigenvalue weighted by Gasteiger charge is 2.43. The molecule has 0 saturated carbocycles. The molecule has 2 heterocycles. The second kappa shape index (κ2) is 5.04. The maximum absolute atomic E-state index is 5.68. The summed E-state index contributed by atoms with van der Waals surface area (Å²) in [7, 11) is 0. The van der Waals surface area contributed by atoms with Gasteiger partial charge in [0.2, 0.25) is 0 Å². The van der Waals surface area contributed by atoms with Crippen molar-refractivity contribution in [3.8, 4) is 5.75 Å². The molecule has 0 radical (unpaired) electrons. The average Bonchev–Trinajstić information content (AvgIpc) is 2.37. The maximum atomic E-state index is 5.68. The van der Waals surface area contributed by atoms with Crippen LogP contribution in [0.1, 0.15) is 26.7 Å². The lowest BCUT2D eigenvalue weighted by Crippen LogP contribution is -2.60. The molecule has 0 atom stereocenters. The number of anilines is 1. The quantitative estimate of drug-likeness (QED) is 0.904. The summed E-state index contributed by atoms with van der Waals surface area (Å²) in [5.74, 6) is 0.968. The fourth-order valence-corrected chi connectivity index (χ4v) is 3.23. The van der Waals surface area contributed by atoms with E-state index in [9.17, 15) is 0 Å². The van der Waals surface area contributed by atoms with E-state index in [1.807, 2.05) is 0 Å². The summed E-state index contributed by atoms with van der Waals surface area (Å²) in [5, 5.41) is 3.45. The molecule has 104 valence electrons. The summed E-state index contributed by atoms with van der Waals surface area (Å²) in [4.78, 5) is 2.49. The number of nitrogens with zero attached hydrogens (tertiary/aromatic N) is 1. The largest absolute Gasteiger partial charge is 0.491 e. The van der Waals surface area contributed by atoms with E-state index in [-0.39, 0.29) is 6.10 Å². The predicted octanol–water partition coefficient (Wildman–Crippen LogP) is 2.66. The summed E-state index contributed by atoms with van der Waals surface area (Å²) < 4.78 is 5.68. The molecule has 3 rings (SSSR count). The molecule has 0 unspecified atom stereocenters. The molecule has 2 aliphatic rings. The van der Waals surface area contributed by atoms with Crippen LogP contribution in [0, 0.1) is 5.41 Å². The summed E-state index contributed by atoms with van der Waals surface area (Å²) in [6.07, 6.45) is 2.91. The molecule has 3 heteroatoms. The van der Waals surface area contributed by atoms with Crippen molar-refractivity contribution in [1.29, 1.82) is 0 Å².